The molecule has 0 fully saturated rings. The molecular weight excluding hydrogens is 243 g/mol. The van der Waals surface area contributed by atoms with Crippen LogP contribution < -0.4 is 4.74 Å². The van der Waals surface area contributed by atoms with E-state index in [0.29, 0.717) is 0 Å². The summed E-state index contributed by atoms with van der Waals surface area (Å²) < 4.78 is 44.4. The highest BCUT2D eigenvalue weighted by atomic mass is 19.4. The summed E-state index contributed by atoms with van der Waals surface area (Å²) in [5.74, 6) is 0.272. The molecule has 1 atom stereocenters. The third kappa shape index (κ3) is 2.96. The number of hydrogen-bond donors (Lipinski definition) is 0. The monoisotopic (exact) mass is 261 g/mol. The Labute approximate surface area is 105 Å². The van der Waals surface area contributed by atoms with Crippen LogP contribution in [0, 0.1) is 13.8 Å². The highest BCUT2D eigenvalue weighted by Gasteiger charge is 2.43. The number of ether oxygens (including phenoxy) is 1. The number of hydrogen-bond acceptors (Lipinski definition) is 2. The van der Waals surface area contributed by atoms with E-state index in [1.54, 1.807) is 19.1 Å². The molecule has 0 N–H and O–H groups in total. The standard InChI is InChI=1S/C13H18F3NO/c1-8-6-10(11(18-5)7-9(8)2)12(17(3)4)13(14,15)16/h6-7,12H,1-5H3. The quantitative estimate of drug-likeness (QED) is 0.826. The van der Waals surface area contributed by atoms with Crippen LogP contribution in [-0.4, -0.2) is 32.3 Å². The topological polar surface area (TPSA) is 12.5 Å². The van der Waals surface area contributed by atoms with Crippen molar-refractivity contribution in [2.75, 3.05) is 21.2 Å². The van der Waals surface area contributed by atoms with Crippen molar-refractivity contribution in [2.24, 2.45) is 0 Å². The average molecular weight is 261 g/mol. The molecule has 0 bridgehead atoms. The summed E-state index contributed by atoms with van der Waals surface area (Å²) in [6.07, 6.45) is -4.33. The van der Waals surface area contributed by atoms with Gasteiger partial charge in [0.25, 0.3) is 0 Å². The van der Waals surface area contributed by atoms with Gasteiger partial charge in [-0.2, -0.15) is 13.2 Å². The van der Waals surface area contributed by atoms with E-state index in [9.17, 15) is 13.2 Å². The lowest BCUT2D eigenvalue weighted by Gasteiger charge is -2.28. The second kappa shape index (κ2) is 5.18. The van der Waals surface area contributed by atoms with Crippen molar-refractivity contribution < 1.29 is 17.9 Å². The number of aryl methyl sites for hydroxylation is 2. The van der Waals surface area contributed by atoms with Crippen LogP contribution in [0.15, 0.2) is 12.1 Å². The Morgan fingerprint density at radius 3 is 2.00 bits per heavy atom. The van der Waals surface area contributed by atoms with E-state index in [0.717, 1.165) is 16.0 Å². The molecule has 0 saturated heterocycles. The first-order valence-electron chi connectivity index (χ1n) is 5.56. The molecule has 0 amide bonds. The van der Waals surface area contributed by atoms with Gasteiger partial charge in [0, 0.05) is 5.56 Å². The number of alkyl halides is 3. The van der Waals surface area contributed by atoms with Crippen LogP contribution in [0.1, 0.15) is 22.7 Å². The van der Waals surface area contributed by atoms with Gasteiger partial charge in [-0.15, -0.1) is 0 Å². The number of methoxy groups -OCH3 is 1. The molecule has 0 saturated carbocycles. The third-order valence-corrected chi connectivity index (χ3v) is 2.97. The molecule has 5 heteroatoms. The van der Waals surface area contributed by atoms with Gasteiger partial charge in [0.05, 0.1) is 7.11 Å². The zero-order chi connectivity index (χ0) is 14.1. The highest BCUT2D eigenvalue weighted by molar-refractivity contribution is 5.44. The van der Waals surface area contributed by atoms with Gasteiger partial charge in [-0.3, -0.25) is 4.90 Å². The zero-order valence-corrected chi connectivity index (χ0v) is 11.2. The summed E-state index contributed by atoms with van der Waals surface area (Å²) in [7, 11) is 4.20. The maximum atomic E-state index is 13.1. The van der Waals surface area contributed by atoms with E-state index in [2.05, 4.69) is 0 Å². The Hall–Kier alpha value is -1.23. The van der Waals surface area contributed by atoms with Crippen molar-refractivity contribution in [1.29, 1.82) is 0 Å². The summed E-state index contributed by atoms with van der Waals surface area (Å²) in [4.78, 5) is 1.15. The molecule has 0 heterocycles. The van der Waals surface area contributed by atoms with Crippen LogP contribution in [0.25, 0.3) is 0 Å². The van der Waals surface area contributed by atoms with Crippen LogP contribution in [-0.2, 0) is 0 Å². The number of halogens is 3. The molecule has 2 nitrogen and oxygen atoms in total. The van der Waals surface area contributed by atoms with E-state index in [4.69, 9.17) is 4.74 Å². The Bertz CT molecular complexity index is 427. The summed E-state index contributed by atoms with van der Waals surface area (Å²) in [6, 6.07) is 1.53. The van der Waals surface area contributed by atoms with E-state index in [1.807, 2.05) is 6.92 Å². The summed E-state index contributed by atoms with van der Waals surface area (Å²) >= 11 is 0. The van der Waals surface area contributed by atoms with E-state index < -0.39 is 12.2 Å². The van der Waals surface area contributed by atoms with E-state index in [-0.39, 0.29) is 11.3 Å². The summed E-state index contributed by atoms with van der Waals surface area (Å²) in [6.45, 7) is 3.64. The van der Waals surface area contributed by atoms with Crippen molar-refractivity contribution in [3.63, 3.8) is 0 Å². The maximum absolute atomic E-state index is 13.1. The predicted octanol–water partition coefficient (Wildman–Crippen LogP) is 3.48. The van der Waals surface area contributed by atoms with Crippen molar-refractivity contribution in [1.82, 2.24) is 4.90 Å². The second-order valence-corrected chi connectivity index (χ2v) is 4.59. The van der Waals surface area contributed by atoms with Gasteiger partial charge in [-0.25, -0.2) is 0 Å². The lowest BCUT2D eigenvalue weighted by molar-refractivity contribution is -0.179. The first kappa shape index (κ1) is 14.8. The van der Waals surface area contributed by atoms with Crippen molar-refractivity contribution in [3.8, 4) is 5.75 Å². The van der Waals surface area contributed by atoms with Crippen molar-refractivity contribution in [3.05, 3.63) is 28.8 Å². The lowest BCUT2D eigenvalue weighted by atomic mass is 9.98. The normalized spacial score (nSPS) is 13.8. The fraction of sp³-hybridized carbons (Fsp3) is 0.538. The molecular formula is C13H18F3NO. The van der Waals surface area contributed by atoms with Crippen molar-refractivity contribution >= 4 is 0 Å². The molecule has 1 aromatic rings. The van der Waals surface area contributed by atoms with Gasteiger partial charge >= 0.3 is 6.18 Å². The van der Waals surface area contributed by atoms with Gasteiger partial charge < -0.3 is 4.74 Å². The second-order valence-electron chi connectivity index (χ2n) is 4.59. The first-order valence-corrected chi connectivity index (χ1v) is 5.56. The molecule has 0 aliphatic carbocycles. The van der Waals surface area contributed by atoms with Crippen LogP contribution in [0.5, 0.6) is 5.75 Å². The van der Waals surface area contributed by atoms with Gasteiger partial charge in [-0.1, -0.05) is 6.07 Å². The molecule has 0 radical (unpaired) electrons. The largest absolute Gasteiger partial charge is 0.496 e. The fourth-order valence-electron chi connectivity index (χ4n) is 1.95. The molecule has 1 unspecified atom stereocenters. The molecule has 0 aromatic heterocycles. The molecule has 0 spiro atoms. The number of nitrogens with zero attached hydrogens (tertiary/aromatic N) is 1. The predicted molar refractivity (Wildman–Crippen MR) is 65.0 cm³/mol. The minimum atomic E-state index is -4.33. The van der Waals surface area contributed by atoms with Gasteiger partial charge in [0.2, 0.25) is 0 Å². The summed E-state index contributed by atoms with van der Waals surface area (Å²) in [5.41, 5.74) is 1.88. The molecule has 0 aliphatic rings. The molecule has 1 aromatic carbocycles. The average Bonchev–Trinajstić information content (AvgIpc) is 2.20. The Balaban J connectivity index is 3.41. The fourth-order valence-corrected chi connectivity index (χ4v) is 1.95. The third-order valence-electron chi connectivity index (χ3n) is 2.97. The number of benzene rings is 1. The van der Waals surface area contributed by atoms with Crippen LogP contribution >= 0.6 is 0 Å². The molecule has 18 heavy (non-hydrogen) atoms. The van der Waals surface area contributed by atoms with Gasteiger partial charge in [0.1, 0.15) is 11.8 Å². The van der Waals surface area contributed by atoms with Crippen molar-refractivity contribution in [2.45, 2.75) is 26.1 Å². The Morgan fingerprint density at radius 1 is 1.11 bits per heavy atom. The smallest absolute Gasteiger partial charge is 0.408 e. The zero-order valence-electron chi connectivity index (χ0n) is 11.2. The van der Waals surface area contributed by atoms with Crippen LogP contribution in [0.4, 0.5) is 13.2 Å². The van der Waals surface area contributed by atoms with Gasteiger partial charge in [0.15, 0.2) is 0 Å². The van der Waals surface area contributed by atoms with Crippen LogP contribution in [0.2, 0.25) is 0 Å². The van der Waals surface area contributed by atoms with Gasteiger partial charge in [-0.05, 0) is 45.1 Å². The Kier molecular flexibility index (Phi) is 4.27. The molecule has 1 rings (SSSR count). The maximum Gasteiger partial charge on any atom is 0.408 e. The first-order chi connectivity index (χ1) is 8.18. The molecule has 0 aliphatic heterocycles. The highest BCUT2D eigenvalue weighted by Crippen LogP contribution is 2.41. The minimum Gasteiger partial charge on any atom is -0.496 e. The van der Waals surface area contributed by atoms with E-state index in [1.165, 1.54) is 21.2 Å². The van der Waals surface area contributed by atoms with Crippen LogP contribution in [0.3, 0.4) is 0 Å². The minimum absolute atomic E-state index is 0.151. The summed E-state index contributed by atoms with van der Waals surface area (Å²) in [5, 5.41) is 0. The SMILES string of the molecule is COc1cc(C)c(C)cc1C(N(C)C)C(F)(F)F. The molecule has 102 valence electrons. The van der Waals surface area contributed by atoms with E-state index >= 15 is 0 Å². The number of rotatable bonds is 3. The Morgan fingerprint density at radius 2 is 1.61 bits per heavy atom. The lowest BCUT2D eigenvalue weighted by Crippen LogP contribution is -2.33.